The van der Waals surface area contributed by atoms with Crippen LogP contribution in [0.3, 0.4) is 0 Å². The minimum Gasteiger partial charge on any atom is -0.444 e. The highest BCUT2D eigenvalue weighted by Crippen LogP contribution is 2.57. The molecule has 3 heterocycles. The molecule has 5 atom stereocenters. The van der Waals surface area contributed by atoms with E-state index in [9.17, 15) is 28.4 Å². The number of hydrogen-bond acceptors (Lipinski definition) is 6. The molecule has 266 valence electrons. The van der Waals surface area contributed by atoms with E-state index in [1.165, 1.54) is 11.0 Å². The van der Waals surface area contributed by atoms with E-state index in [2.05, 4.69) is 16.7 Å². The number of halogens is 1. The standard InChI is InChI=1S/C39H47FN4O6/c1-26-11-6-3-2-4-9-15-29-20-39(29,37(48)41-18-17-35(46)42-22-27-12-7-5-8-13-27)21-34(45)33-19-30(24-44(33)36(26)47)50-38(49)43-23-28-14-10-16-32(40)31(28)25-43/h5,7-10,12-16,26,29-30,33H,2-4,6,11,17-25H2,1H3,(H,41,48)(H,42,46)/b15-9-/t26-,29-,30+,33-,39+/m0/s1. The lowest BCUT2D eigenvalue weighted by Crippen LogP contribution is -2.45. The Morgan fingerprint density at radius 3 is 2.62 bits per heavy atom. The minimum absolute atomic E-state index is 0.0573. The van der Waals surface area contributed by atoms with Crippen LogP contribution in [0.4, 0.5) is 9.18 Å². The molecule has 0 radical (unpaired) electrons. The maximum absolute atomic E-state index is 14.3. The van der Waals surface area contributed by atoms with Crippen molar-refractivity contribution in [2.45, 2.75) is 96.5 Å². The van der Waals surface area contributed by atoms with Gasteiger partial charge in [-0.05, 0) is 48.8 Å². The zero-order valence-corrected chi connectivity index (χ0v) is 28.7. The molecule has 2 aromatic carbocycles. The van der Waals surface area contributed by atoms with Crippen LogP contribution in [0, 0.1) is 23.1 Å². The van der Waals surface area contributed by atoms with Crippen LogP contribution in [0.5, 0.6) is 0 Å². The number of nitrogens with one attached hydrogen (secondary N) is 2. The van der Waals surface area contributed by atoms with Crippen molar-refractivity contribution in [2.24, 2.45) is 17.3 Å². The van der Waals surface area contributed by atoms with E-state index in [0.717, 1.165) is 36.8 Å². The molecule has 0 aromatic heterocycles. The summed E-state index contributed by atoms with van der Waals surface area (Å²) in [6.07, 6.45) is 7.86. The highest BCUT2D eigenvalue weighted by molar-refractivity contribution is 5.97. The maximum atomic E-state index is 14.3. The number of ketones is 1. The second-order valence-electron chi connectivity index (χ2n) is 14.3. The van der Waals surface area contributed by atoms with Gasteiger partial charge in [0.2, 0.25) is 17.7 Å². The van der Waals surface area contributed by atoms with Crippen molar-refractivity contribution in [3.8, 4) is 0 Å². The van der Waals surface area contributed by atoms with E-state index in [-0.39, 0.29) is 86.6 Å². The van der Waals surface area contributed by atoms with Crippen LogP contribution in [0.25, 0.3) is 0 Å². The van der Waals surface area contributed by atoms with Crippen LogP contribution in [-0.2, 0) is 43.5 Å². The molecule has 1 saturated heterocycles. The van der Waals surface area contributed by atoms with E-state index in [4.69, 9.17) is 4.74 Å². The topological polar surface area (TPSA) is 125 Å². The Kier molecular flexibility index (Phi) is 11.0. The molecule has 2 aromatic rings. The summed E-state index contributed by atoms with van der Waals surface area (Å²) in [5.41, 5.74) is 1.21. The SMILES string of the molecule is C[C@H]1CCCCC/C=C\[C@H]2C[C@@]2(C(=O)NCCC(=O)NCc2ccccc2)CC(=O)[C@@H]2C[C@@H](OC(=O)N3Cc4cccc(F)c4C3)CN2C1=O. The van der Waals surface area contributed by atoms with Crippen LogP contribution in [0.1, 0.15) is 81.4 Å². The van der Waals surface area contributed by atoms with Crippen molar-refractivity contribution in [3.63, 3.8) is 0 Å². The summed E-state index contributed by atoms with van der Waals surface area (Å²) >= 11 is 0. The summed E-state index contributed by atoms with van der Waals surface area (Å²) in [6.45, 7) is 2.81. The fraction of sp³-hybridized carbons (Fsp3) is 0.513. The number of amides is 4. The van der Waals surface area contributed by atoms with Crippen LogP contribution in [0.2, 0.25) is 0 Å². The van der Waals surface area contributed by atoms with Gasteiger partial charge < -0.3 is 20.3 Å². The average molecular weight is 687 g/mol. The quantitative estimate of drug-likeness (QED) is 0.387. The third-order valence-electron chi connectivity index (χ3n) is 10.7. The first-order valence-electron chi connectivity index (χ1n) is 17.9. The Balaban J connectivity index is 1.11. The second-order valence-corrected chi connectivity index (χ2v) is 14.3. The number of benzene rings is 2. The van der Waals surface area contributed by atoms with Gasteiger partial charge in [0.25, 0.3) is 0 Å². The molecule has 3 aliphatic heterocycles. The van der Waals surface area contributed by atoms with E-state index in [1.807, 2.05) is 43.3 Å². The average Bonchev–Trinajstić information content (AvgIpc) is 3.40. The molecule has 1 aliphatic carbocycles. The zero-order chi connectivity index (χ0) is 35.3. The number of carbonyl (C=O) groups is 5. The van der Waals surface area contributed by atoms with E-state index >= 15 is 0 Å². The Morgan fingerprint density at radius 2 is 1.82 bits per heavy atom. The first-order chi connectivity index (χ1) is 24.1. The molecule has 4 amide bonds. The van der Waals surface area contributed by atoms with Crippen molar-refractivity contribution in [3.05, 3.63) is 83.2 Å². The lowest BCUT2D eigenvalue weighted by atomic mass is 9.90. The highest BCUT2D eigenvalue weighted by Gasteiger charge is 2.60. The molecule has 11 heteroatoms. The maximum Gasteiger partial charge on any atom is 0.410 e. The van der Waals surface area contributed by atoms with Gasteiger partial charge in [-0.1, -0.05) is 74.4 Å². The van der Waals surface area contributed by atoms with Gasteiger partial charge in [0.05, 0.1) is 24.5 Å². The molecular formula is C39H47FN4O6. The smallest absolute Gasteiger partial charge is 0.410 e. The summed E-state index contributed by atoms with van der Waals surface area (Å²) in [4.78, 5) is 70.4. The van der Waals surface area contributed by atoms with Crippen molar-refractivity contribution in [2.75, 3.05) is 13.1 Å². The van der Waals surface area contributed by atoms with E-state index < -0.39 is 23.7 Å². The Bertz CT molecular complexity index is 1630. The van der Waals surface area contributed by atoms with Crippen molar-refractivity contribution >= 4 is 29.6 Å². The van der Waals surface area contributed by atoms with E-state index in [1.54, 1.807) is 17.0 Å². The lowest BCUT2D eigenvalue weighted by Gasteiger charge is -2.27. The molecule has 10 nitrogen and oxygen atoms in total. The van der Waals surface area contributed by atoms with Gasteiger partial charge in [0.15, 0.2) is 5.78 Å². The molecule has 50 heavy (non-hydrogen) atoms. The summed E-state index contributed by atoms with van der Waals surface area (Å²) in [7, 11) is 0. The summed E-state index contributed by atoms with van der Waals surface area (Å²) in [5.74, 6) is -1.65. The Hall–Kier alpha value is -4.54. The number of carbonyl (C=O) groups excluding carboxylic acids is 5. The van der Waals surface area contributed by atoms with E-state index in [0.29, 0.717) is 24.9 Å². The number of nitrogens with zero attached hydrogens (tertiary/aromatic N) is 2. The first-order valence-corrected chi connectivity index (χ1v) is 17.9. The predicted octanol–water partition coefficient (Wildman–Crippen LogP) is 5.19. The monoisotopic (exact) mass is 686 g/mol. The van der Waals surface area contributed by atoms with Crippen LogP contribution in [0.15, 0.2) is 60.7 Å². The largest absolute Gasteiger partial charge is 0.444 e. The summed E-state index contributed by atoms with van der Waals surface area (Å²) in [5, 5.41) is 5.78. The third-order valence-corrected chi connectivity index (χ3v) is 10.7. The molecule has 4 aliphatic rings. The van der Waals surface area contributed by atoms with Crippen LogP contribution < -0.4 is 10.6 Å². The molecule has 2 fully saturated rings. The summed E-state index contributed by atoms with van der Waals surface area (Å²) < 4.78 is 20.2. The number of fused-ring (bicyclic) bond motifs is 3. The Labute approximate surface area is 292 Å². The second kappa shape index (κ2) is 15.6. The van der Waals surface area contributed by atoms with Crippen LogP contribution >= 0.6 is 0 Å². The number of rotatable bonds is 7. The fourth-order valence-corrected chi connectivity index (χ4v) is 7.62. The number of ether oxygens (including phenoxy) is 1. The van der Waals surface area contributed by atoms with Gasteiger partial charge >= 0.3 is 6.09 Å². The van der Waals surface area contributed by atoms with Gasteiger partial charge in [-0.25, -0.2) is 9.18 Å². The molecule has 0 bridgehead atoms. The predicted molar refractivity (Wildman–Crippen MR) is 184 cm³/mol. The highest BCUT2D eigenvalue weighted by atomic mass is 19.1. The normalized spacial score (nSPS) is 27.2. The zero-order valence-electron chi connectivity index (χ0n) is 28.7. The number of Topliss-reactive ketones (excluding diaryl/α,β-unsaturated/α-hetero) is 1. The van der Waals surface area contributed by atoms with Crippen LogP contribution in [-0.4, -0.2) is 64.6 Å². The van der Waals surface area contributed by atoms with Gasteiger partial charge in [-0.2, -0.15) is 0 Å². The van der Waals surface area contributed by atoms with Gasteiger partial charge in [-0.15, -0.1) is 0 Å². The molecule has 0 unspecified atom stereocenters. The molecule has 6 rings (SSSR count). The van der Waals surface area contributed by atoms with Gasteiger partial charge in [-0.3, -0.25) is 24.1 Å². The lowest BCUT2D eigenvalue weighted by molar-refractivity contribution is -0.142. The Morgan fingerprint density at radius 1 is 1.00 bits per heavy atom. The van der Waals surface area contributed by atoms with Gasteiger partial charge in [0, 0.05) is 50.4 Å². The molecule has 1 saturated carbocycles. The van der Waals surface area contributed by atoms with Crippen molar-refractivity contribution < 1.29 is 33.1 Å². The number of hydrogen-bond donors (Lipinski definition) is 2. The number of allylic oxidation sites excluding steroid dienone is 2. The summed E-state index contributed by atoms with van der Waals surface area (Å²) in [6, 6.07) is 13.5. The minimum atomic E-state index is -0.964. The molecule has 2 N–H and O–H groups in total. The first kappa shape index (κ1) is 35.3. The fourth-order valence-electron chi connectivity index (χ4n) is 7.62. The van der Waals surface area contributed by atoms with Crippen molar-refractivity contribution in [1.82, 2.24) is 20.4 Å². The third kappa shape index (κ3) is 8.08. The van der Waals surface area contributed by atoms with Gasteiger partial charge in [0.1, 0.15) is 11.9 Å². The van der Waals surface area contributed by atoms with Crippen molar-refractivity contribution in [1.29, 1.82) is 0 Å². The molecular weight excluding hydrogens is 639 g/mol. The molecule has 0 spiro atoms.